The molecular weight excluding hydrogens is 242 g/mol. The van der Waals surface area contributed by atoms with Crippen molar-refractivity contribution in [3.05, 3.63) is 45.7 Å². The molecule has 19 heavy (non-hydrogen) atoms. The molecule has 0 aliphatic carbocycles. The Balaban J connectivity index is 2.27. The molecule has 0 saturated carbocycles. The number of hydrogen-bond donors (Lipinski definition) is 1. The van der Waals surface area contributed by atoms with Crippen LogP contribution < -0.4 is 5.56 Å². The molecule has 0 amide bonds. The molecule has 0 fully saturated rings. The Bertz CT molecular complexity index is 658. The summed E-state index contributed by atoms with van der Waals surface area (Å²) in [7, 11) is 0. The molecular formula is C15H17NO3. The number of aromatic amines is 1. The molecule has 1 aromatic heterocycles. The van der Waals surface area contributed by atoms with Gasteiger partial charge in [-0.1, -0.05) is 25.1 Å². The first-order valence-corrected chi connectivity index (χ1v) is 6.39. The van der Waals surface area contributed by atoms with Crippen molar-refractivity contribution in [2.24, 2.45) is 0 Å². The first kappa shape index (κ1) is 13.3. The van der Waals surface area contributed by atoms with Gasteiger partial charge < -0.3 is 9.72 Å². The minimum absolute atomic E-state index is 0.0258. The third-order valence-electron chi connectivity index (χ3n) is 3.01. The number of esters is 1. The summed E-state index contributed by atoms with van der Waals surface area (Å²) in [4.78, 5) is 26.1. The highest BCUT2D eigenvalue weighted by molar-refractivity contribution is 5.81. The molecule has 2 rings (SSSR count). The van der Waals surface area contributed by atoms with Gasteiger partial charge in [0.05, 0.1) is 11.1 Å². The van der Waals surface area contributed by atoms with Gasteiger partial charge in [-0.2, -0.15) is 0 Å². The van der Waals surface area contributed by atoms with Crippen LogP contribution in [0.2, 0.25) is 0 Å². The summed E-state index contributed by atoms with van der Waals surface area (Å²) < 4.78 is 5.07. The number of para-hydroxylation sites is 1. The summed E-state index contributed by atoms with van der Waals surface area (Å²) in [6.45, 7) is 3.88. The number of fused-ring (bicyclic) bond motifs is 1. The summed E-state index contributed by atoms with van der Waals surface area (Å²) in [5.74, 6) is -0.272. The summed E-state index contributed by atoms with van der Waals surface area (Å²) in [6, 6.07) is 7.58. The summed E-state index contributed by atoms with van der Waals surface area (Å²) in [6.07, 6.45) is 1.12. The van der Waals surface area contributed by atoms with Gasteiger partial charge in [-0.05, 0) is 30.4 Å². The molecule has 0 radical (unpaired) electrons. The van der Waals surface area contributed by atoms with Crippen LogP contribution in [0.5, 0.6) is 0 Å². The molecule has 4 heteroatoms. The lowest BCUT2D eigenvalue weighted by Crippen LogP contribution is -2.15. The summed E-state index contributed by atoms with van der Waals surface area (Å²) >= 11 is 0. The van der Waals surface area contributed by atoms with Gasteiger partial charge >= 0.3 is 5.97 Å². The normalized spacial score (nSPS) is 10.6. The van der Waals surface area contributed by atoms with E-state index in [9.17, 15) is 9.59 Å². The monoisotopic (exact) mass is 259 g/mol. The number of benzene rings is 1. The van der Waals surface area contributed by atoms with Crippen LogP contribution in [0.4, 0.5) is 0 Å². The minimum Gasteiger partial charge on any atom is -0.461 e. The SMILES string of the molecule is CCCC(=O)OCc1cc2cccc(C)c2[nH]c1=O. The molecule has 100 valence electrons. The van der Waals surface area contributed by atoms with Crippen LogP contribution in [0, 0.1) is 6.92 Å². The number of H-pyrrole nitrogens is 1. The van der Waals surface area contributed by atoms with Gasteiger partial charge in [0.2, 0.25) is 0 Å². The van der Waals surface area contributed by atoms with E-state index in [0.29, 0.717) is 12.0 Å². The molecule has 2 aromatic rings. The first-order valence-electron chi connectivity index (χ1n) is 6.39. The van der Waals surface area contributed by atoms with Crippen molar-refractivity contribution in [2.45, 2.75) is 33.3 Å². The number of ether oxygens (including phenoxy) is 1. The molecule has 1 N–H and O–H groups in total. The lowest BCUT2D eigenvalue weighted by atomic mass is 10.1. The number of carbonyl (C=O) groups excluding carboxylic acids is 1. The molecule has 0 unspecified atom stereocenters. The zero-order valence-electron chi connectivity index (χ0n) is 11.2. The largest absolute Gasteiger partial charge is 0.461 e. The van der Waals surface area contributed by atoms with Crippen molar-refractivity contribution in [1.29, 1.82) is 0 Å². The van der Waals surface area contributed by atoms with Crippen molar-refractivity contribution >= 4 is 16.9 Å². The van der Waals surface area contributed by atoms with E-state index in [-0.39, 0.29) is 18.1 Å². The number of aromatic nitrogens is 1. The average Bonchev–Trinajstić information content (AvgIpc) is 2.38. The summed E-state index contributed by atoms with van der Waals surface area (Å²) in [5.41, 5.74) is 2.12. The minimum atomic E-state index is -0.272. The Morgan fingerprint density at radius 1 is 1.37 bits per heavy atom. The fourth-order valence-electron chi connectivity index (χ4n) is 1.97. The Morgan fingerprint density at radius 2 is 2.16 bits per heavy atom. The molecule has 0 bridgehead atoms. The van der Waals surface area contributed by atoms with Gasteiger partial charge in [0.15, 0.2) is 0 Å². The zero-order valence-corrected chi connectivity index (χ0v) is 11.2. The van der Waals surface area contributed by atoms with E-state index in [1.165, 1.54) is 0 Å². The Labute approximate surface area is 111 Å². The Kier molecular flexibility index (Phi) is 4.00. The summed E-state index contributed by atoms with van der Waals surface area (Å²) in [5, 5.41) is 0.946. The quantitative estimate of drug-likeness (QED) is 0.859. The van der Waals surface area contributed by atoms with Crippen LogP contribution in [0.1, 0.15) is 30.9 Å². The van der Waals surface area contributed by atoms with E-state index in [2.05, 4.69) is 4.98 Å². The predicted molar refractivity (Wildman–Crippen MR) is 74.0 cm³/mol. The second-order valence-corrected chi connectivity index (χ2v) is 4.57. The van der Waals surface area contributed by atoms with Gasteiger partial charge in [0.1, 0.15) is 6.61 Å². The van der Waals surface area contributed by atoms with Crippen molar-refractivity contribution in [2.75, 3.05) is 0 Å². The Hall–Kier alpha value is -2.10. The first-order chi connectivity index (χ1) is 9.11. The van der Waals surface area contributed by atoms with Crippen LogP contribution in [0.25, 0.3) is 10.9 Å². The number of hydrogen-bond acceptors (Lipinski definition) is 3. The van der Waals surface area contributed by atoms with Gasteiger partial charge in [-0.15, -0.1) is 0 Å². The lowest BCUT2D eigenvalue weighted by molar-refractivity contribution is -0.145. The van der Waals surface area contributed by atoms with Crippen molar-refractivity contribution in [3.8, 4) is 0 Å². The second kappa shape index (κ2) is 5.69. The topological polar surface area (TPSA) is 59.2 Å². The molecule has 0 saturated heterocycles. The molecule has 1 aromatic carbocycles. The van der Waals surface area contributed by atoms with Gasteiger partial charge in [-0.3, -0.25) is 9.59 Å². The standard InChI is InChI=1S/C15H17NO3/c1-3-5-13(17)19-9-12-8-11-7-4-6-10(2)14(11)16-15(12)18/h4,6-8H,3,5,9H2,1-2H3,(H,16,18). The highest BCUT2D eigenvalue weighted by atomic mass is 16.5. The Morgan fingerprint density at radius 3 is 2.89 bits per heavy atom. The third kappa shape index (κ3) is 3.02. The van der Waals surface area contributed by atoms with E-state index >= 15 is 0 Å². The zero-order chi connectivity index (χ0) is 13.8. The van der Waals surface area contributed by atoms with Crippen LogP contribution in [0.3, 0.4) is 0 Å². The molecule has 0 atom stereocenters. The number of carbonyl (C=O) groups is 1. The van der Waals surface area contributed by atoms with E-state index in [0.717, 1.165) is 22.9 Å². The van der Waals surface area contributed by atoms with Crippen molar-refractivity contribution in [1.82, 2.24) is 4.98 Å². The highest BCUT2D eigenvalue weighted by Gasteiger charge is 2.07. The van der Waals surface area contributed by atoms with Crippen LogP contribution in [-0.4, -0.2) is 11.0 Å². The third-order valence-corrected chi connectivity index (χ3v) is 3.01. The molecule has 0 aliphatic rings. The number of aryl methyl sites for hydroxylation is 1. The highest BCUT2D eigenvalue weighted by Crippen LogP contribution is 2.15. The lowest BCUT2D eigenvalue weighted by Gasteiger charge is -2.06. The van der Waals surface area contributed by atoms with E-state index in [1.807, 2.05) is 32.0 Å². The van der Waals surface area contributed by atoms with Crippen LogP contribution in [-0.2, 0) is 16.1 Å². The maximum atomic E-state index is 11.9. The van der Waals surface area contributed by atoms with Gasteiger partial charge in [0, 0.05) is 6.42 Å². The van der Waals surface area contributed by atoms with Crippen LogP contribution >= 0.6 is 0 Å². The molecule has 0 spiro atoms. The fraction of sp³-hybridized carbons (Fsp3) is 0.333. The molecule has 4 nitrogen and oxygen atoms in total. The smallest absolute Gasteiger partial charge is 0.306 e. The van der Waals surface area contributed by atoms with Crippen molar-refractivity contribution < 1.29 is 9.53 Å². The van der Waals surface area contributed by atoms with Crippen LogP contribution in [0.15, 0.2) is 29.1 Å². The van der Waals surface area contributed by atoms with E-state index in [1.54, 1.807) is 6.07 Å². The molecule has 1 heterocycles. The maximum absolute atomic E-state index is 11.9. The number of rotatable bonds is 4. The number of nitrogens with one attached hydrogen (secondary N) is 1. The maximum Gasteiger partial charge on any atom is 0.306 e. The van der Waals surface area contributed by atoms with E-state index < -0.39 is 0 Å². The van der Waals surface area contributed by atoms with Gasteiger partial charge in [-0.25, -0.2) is 0 Å². The average molecular weight is 259 g/mol. The molecule has 0 aliphatic heterocycles. The number of pyridine rings is 1. The second-order valence-electron chi connectivity index (χ2n) is 4.57. The fourth-order valence-corrected chi connectivity index (χ4v) is 1.97. The van der Waals surface area contributed by atoms with Crippen molar-refractivity contribution in [3.63, 3.8) is 0 Å². The van der Waals surface area contributed by atoms with Gasteiger partial charge in [0.25, 0.3) is 5.56 Å². The predicted octanol–water partition coefficient (Wildman–Crippen LogP) is 2.68. The van der Waals surface area contributed by atoms with E-state index in [4.69, 9.17) is 4.74 Å².